The number of fused-ring (bicyclic) bond motifs is 1. The summed E-state index contributed by atoms with van der Waals surface area (Å²) in [6.07, 6.45) is 4.84. The lowest BCUT2D eigenvalue weighted by atomic mass is 9.99. The summed E-state index contributed by atoms with van der Waals surface area (Å²) in [5.74, 6) is 0.548. The third kappa shape index (κ3) is 1.35. The number of rotatable bonds is 2. The molecule has 0 aliphatic carbocycles. The number of nitrogens with zero attached hydrogens (tertiary/aromatic N) is 1. The van der Waals surface area contributed by atoms with Crippen LogP contribution in [0.3, 0.4) is 0 Å². The summed E-state index contributed by atoms with van der Waals surface area (Å²) < 4.78 is 0. The molecule has 0 aliphatic heterocycles. The Morgan fingerprint density at radius 2 is 2.36 bits per heavy atom. The van der Waals surface area contributed by atoms with Gasteiger partial charge in [-0.05, 0) is 24.0 Å². The molecule has 3 nitrogen and oxygen atoms in total. The largest absolute Gasteiger partial charge is 0.397 e. The van der Waals surface area contributed by atoms with Crippen molar-refractivity contribution >= 4 is 16.7 Å². The van der Waals surface area contributed by atoms with Crippen molar-refractivity contribution in [1.82, 2.24) is 9.97 Å². The van der Waals surface area contributed by atoms with Crippen LogP contribution in [0.2, 0.25) is 0 Å². The minimum Gasteiger partial charge on any atom is -0.397 e. The maximum Gasteiger partial charge on any atom is 0.137 e. The zero-order valence-corrected chi connectivity index (χ0v) is 8.54. The van der Waals surface area contributed by atoms with Crippen LogP contribution in [0.1, 0.15) is 31.7 Å². The van der Waals surface area contributed by atoms with Gasteiger partial charge in [-0.3, -0.25) is 0 Å². The van der Waals surface area contributed by atoms with E-state index in [4.69, 9.17) is 5.73 Å². The molecule has 0 bridgehead atoms. The summed E-state index contributed by atoms with van der Waals surface area (Å²) in [6.45, 7) is 4.40. The van der Waals surface area contributed by atoms with Gasteiger partial charge in [-0.15, -0.1) is 0 Å². The average molecular weight is 189 g/mol. The average Bonchev–Trinajstić information content (AvgIpc) is 2.59. The molecule has 0 saturated carbocycles. The Bertz CT molecular complexity index is 445. The first-order chi connectivity index (χ1) is 6.72. The third-order valence-corrected chi connectivity index (χ3v) is 2.73. The van der Waals surface area contributed by atoms with Gasteiger partial charge in [-0.2, -0.15) is 0 Å². The summed E-state index contributed by atoms with van der Waals surface area (Å²) in [7, 11) is 0. The SMILES string of the molecule is CCC(C)c1c[nH]c2ncc(N)cc12. The predicted molar refractivity (Wildman–Crippen MR) is 59.2 cm³/mol. The first kappa shape index (κ1) is 9.06. The molecule has 74 valence electrons. The quantitative estimate of drug-likeness (QED) is 0.763. The topological polar surface area (TPSA) is 54.7 Å². The van der Waals surface area contributed by atoms with Crippen LogP contribution in [0.5, 0.6) is 0 Å². The normalized spacial score (nSPS) is 13.3. The van der Waals surface area contributed by atoms with Gasteiger partial charge in [0, 0.05) is 11.6 Å². The van der Waals surface area contributed by atoms with Crippen LogP contribution in [0.15, 0.2) is 18.5 Å². The van der Waals surface area contributed by atoms with Crippen LogP contribution in [0.25, 0.3) is 11.0 Å². The number of hydrogen-bond acceptors (Lipinski definition) is 2. The molecule has 2 rings (SSSR count). The van der Waals surface area contributed by atoms with E-state index in [0.717, 1.165) is 23.1 Å². The van der Waals surface area contributed by atoms with E-state index in [0.29, 0.717) is 5.92 Å². The van der Waals surface area contributed by atoms with E-state index in [9.17, 15) is 0 Å². The molecule has 0 spiro atoms. The van der Waals surface area contributed by atoms with Crippen molar-refractivity contribution < 1.29 is 0 Å². The Kier molecular flexibility index (Phi) is 2.15. The highest BCUT2D eigenvalue weighted by atomic mass is 14.8. The number of aromatic nitrogens is 2. The molecule has 3 heteroatoms. The summed E-state index contributed by atoms with van der Waals surface area (Å²) in [4.78, 5) is 7.40. The highest BCUT2D eigenvalue weighted by Gasteiger charge is 2.10. The van der Waals surface area contributed by atoms with E-state index in [2.05, 4.69) is 23.8 Å². The minimum atomic E-state index is 0.548. The van der Waals surface area contributed by atoms with Gasteiger partial charge in [-0.1, -0.05) is 13.8 Å². The van der Waals surface area contributed by atoms with E-state index in [1.54, 1.807) is 6.20 Å². The van der Waals surface area contributed by atoms with Crippen LogP contribution in [-0.2, 0) is 0 Å². The second kappa shape index (κ2) is 3.33. The van der Waals surface area contributed by atoms with Crippen molar-refractivity contribution in [2.45, 2.75) is 26.2 Å². The van der Waals surface area contributed by atoms with E-state index in [1.807, 2.05) is 12.3 Å². The van der Waals surface area contributed by atoms with E-state index in [-0.39, 0.29) is 0 Å². The lowest BCUT2D eigenvalue weighted by molar-refractivity contribution is 0.739. The van der Waals surface area contributed by atoms with Crippen LogP contribution >= 0.6 is 0 Å². The summed E-state index contributed by atoms with van der Waals surface area (Å²) in [5, 5.41) is 1.15. The molecule has 1 unspecified atom stereocenters. The van der Waals surface area contributed by atoms with Gasteiger partial charge in [0.1, 0.15) is 5.65 Å². The highest BCUT2D eigenvalue weighted by molar-refractivity contribution is 5.82. The number of pyridine rings is 1. The lowest BCUT2D eigenvalue weighted by Crippen LogP contribution is -1.91. The number of nitrogens with two attached hydrogens (primary N) is 1. The van der Waals surface area contributed by atoms with Gasteiger partial charge < -0.3 is 10.7 Å². The van der Waals surface area contributed by atoms with Crippen molar-refractivity contribution in [2.75, 3.05) is 5.73 Å². The maximum absolute atomic E-state index is 5.72. The van der Waals surface area contributed by atoms with Crippen molar-refractivity contribution in [3.8, 4) is 0 Å². The Morgan fingerprint density at radius 1 is 1.57 bits per heavy atom. The summed E-state index contributed by atoms with van der Waals surface area (Å²) >= 11 is 0. The molecule has 0 radical (unpaired) electrons. The number of nitrogen functional groups attached to an aromatic ring is 1. The van der Waals surface area contributed by atoms with E-state index >= 15 is 0 Å². The molecular weight excluding hydrogens is 174 g/mol. The van der Waals surface area contributed by atoms with Crippen molar-refractivity contribution in [3.05, 3.63) is 24.0 Å². The van der Waals surface area contributed by atoms with Crippen LogP contribution in [0.4, 0.5) is 5.69 Å². The Balaban J connectivity index is 2.61. The Labute approximate surface area is 83.3 Å². The number of nitrogens with one attached hydrogen (secondary N) is 1. The second-order valence-electron chi connectivity index (χ2n) is 3.72. The number of H-pyrrole nitrogens is 1. The molecule has 14 heavy (non-hydrogen) atoms. The molecule has 0 saturated heterocycles. The van der Waals surface area contributed by atoms with Crippen LogP contribution in [-0.4, -0.2) is 9.97 Å². The summed E-state index contributed by atoms with van der Waals surface area (Å²) in [6, 6.07) is 1.99. The number of hydrogen-bond donors (Lipinski definition) is 2. The van der Waals surface area contributed by atoms with Crippen molar-refractivity contribution in [2.24, 2.45) is 0 Å². The summed E-state index contributed by atoms with van der Waals surface area (Å²) in [5.41, 5.74) is 8.67. The fourth-order valence-electron chi connectivity index (χ4n) is 1.67. The maximum atomic E-state index is 5.72. The zero-order chi connectivity index (χ0) is 10.1. The molecule has 0 amide bonds. The number of aromatic amines is 1. The minimum absolute atomic E-state index is 0.548. The molecule has 2 aromatic rings. The van der Waals surface area contributed by atoms with Gasteiger partial charge in [0.2, 0.25) is 0 Å². The molecule has 0 aromatic carbocycles. The monoisotopic (exact) mass is 189 g/mol. The molecule has 3 N–H and O–H groups in total. The van der Waals surface area contributed by atoms with Crippen LogP contribution in [0, 0.1) is 0 Å². The number of anilines is 1. The molecule has 0 aliphatic rings. The molecule has 2 aromatic heterocycles. The molecule has 2 heterocycles. The van der Waals surface area contributed by atoms with Crippen molar-refractivity contribution in [1.29, 1.82) is 0 Å². The third-order valence-electron chi connectivity index (χ3n) is 2.73. The second-order valence-corrected chi connectivity index (χ2v) is 3.72. The first-order valence-corrected chi connectivity index (χ1v) is 4.95. The van der Waals surface area contributed by atoms with Gasteiger partial charge >= 0.3 is 0 Å². The van der Waals surface area contributed by atoms with E-state index < -0.39 is 0 Å². The fourth-order valence-corrected chi connectivity index (χ4v) is 1.67. The van der Waals surface area contributed by atoms with Gasteiger partial charge in [0.05, 0.1) is 11.9 Å². The zero-order valence-electron chi connectivity index (χ0n) is 8.54. The Morgan fingerprint density at radius 3 is 3.07 bits per heavy atom. The fraction of sp³-hybridized carbons (Fsp3) is 0.364. The first-order valence-electron chi connectivity index (χ1n) is 4.95. The van der Waals surface area contributed by atoms with Gasteiger partial charge in [-0.25, -0.2) is 4.98 Å². The molecule has 1 atom stereocenters. The van der Waals surface area contributed by atoms with Crippen LogP contribution < -0.4 is 5.73 Å². The van der Waals surface area contributed by atoms with Gasteiger partial charge in [0.15, 0.2) is 0 Å². The Hall–Kier alpha value is -1.51. The predicted octanol–water partition coefficient (Wildman–Crippen LogP) is 2.66. The highest BCUT2D eigenvalue weighted by Crippen LogP contribution is 2.27. The lowest BCUT2D eigenvalue weighted by Gasteiger charge is -2.06. The van der Waals surface area contributed by atoms with Crippen molar-refractivity contribution in [3.63, 3.8) is 0 Å². The molecule has 0 fully saturated rings. The van der Waals surface area contributed by atoms with Gasteiger partial charge in [0.25, 0.3) is 0 Å². The standard InChI is InChI=1S/C11H15N3/c1-3-7(2)10-6-14-11-9(10)4-8(12)5-13-11/h4-7H,3,12H2,1-2H3,(H,13,14). The van der Waals surface area contributed by atoms with E-state index in [1.165, 1.54) is 5.56 Å². The smallest absolute Gasteiger partial charge is 0.137 e. The molecular formula is C11H15N3.